The van der Waals surface area contributed by atoms with E-state index in [4.69, 9.17) is 4.74 Å². The molecule has 2 aromatic rings. The number of pyridine rings is 1. The normalized spacial score (nSPS) is 20.7. The number of rotatable bonds is 8. The Balaban J connectivity index is 1.20. The van der Waals surface area contributed by atoms with Crippen LogP contribution in [0.4, 0.5) is 4.39 Å². The number of hydrogen-bond donors (Lipinski definition) is 3. The predicted molar refractivity (Wildman–Crippen MR) is 146 cm³/mol. The fourth-order valence-electron chi connectivity index (χ4n) is 4.41. The Morgan fingerprint density at radius 1 is 1.24 bits per heavy atom. The number of halogens is 1. The van der Waals surface area contributed by atoms with Crippen molar-refractivity contribution in [1.29, 1.82) is 0 Å². The van der Waals surface area contributed by atoms with E-state index in [9.17, 15) is 17.6 Å². The van der Waals surface area contributed by atoms with Gasteiger partial charge < -0.3 is 14.8 Å². The van der Waals surface area contributed by atoms with Gasteiger partial charge in [-0.15, -0.1) is 11.8 Å². The molecule has 0 radical (unpaired) electrons. The minimum Gasteiger partial charge on any atom is -0.438 e. The molecule has 0 bridgehead atoms. The van der Waals surface area contributed by atoms with Crippen molar-refractivity contribution >= 4 is 39.8 Å². The summed E-state index contributed by atoms with van der Waals surface area (Å²) in [7, 11) is -3.72. The van der Waals surface area contributed by atoms with Crippen molar-refractivity contribution in [3.8, 4) is 11.6 Å². The molecule has 38 heavy (non-hydrogen) atoms. The van der Waals surface area contributed by atoms with Gasteiger partial charge in [0.15, 0.2) is 0 Å². The summed E-state index contributed by atoms with van der Waals surface area (Å²) in [6.45, 7) is 0. The van der Waals surface area contributed by atoms with Crippen LogP contribution in [0.1, 0.15) is 36.0 Å². The monoisotopic (exact) mass is 575 g/mol. The van der Waals surface area contributed by atoms with Crippen molar-refractivity contribution < 1.29 is 22.3 Å². The Hall–Kier alpha value is -3.00. The van der Waals surface area contributed by atoms with Gasteiger partial charge in [0.25, 0.3) is 5.91 Å². The summed E-state index contributed by atoms with van der Waals surface area (Å²) in [6.07, 6.45) is 11.9. The van der Waals surface area contributed by atoms with E-state index in [1.54, 1.807) is 46.7 Å². The number of ether oxygens (including phenoxy) is 1. The first-order valence-electron chi connectivity index (χ1n) is 11.9. The molecule has 1 aromatic heterocycles. The zero-order valence-corrected chi connectivity index (χ0v) is 22.8. The standard InChI is InChI=1S/C25H26FN5O4S3/c1-36-20-5-2-4-19(13-20)35-25-21(12-16(26)14-27-25)24(32)29-17-7-9-18(10-8-17)30-38(33,34)23-6-3-11-31-22(23)15-28-37-31/h2-6,11-15,17-18,28,30H,7-10H2,1H3,(H,29,32). The van der Waals surface area contributed by atoms with Crippen LogP contribution in [-0.4, -0.2) is 42.0 Å². The lowest BCUT2D eigenvalue weighted by Crippen LogP contribution is -2.44. The minimum absolute atomic E-state index is 0.000503. The first-order chi connectivity index (χ1) is 18.3. The largest absolute Gasteiger partial charge is 0.438 e. The molecule has 0 unspecified atom stereocenters. The van der Waals surface area contributed by atoms with E-state index in [0.29, 0.717) is 37.1 Å². The number of nitrogens with zero attached hydrogens (tertiary/aromatic N) is 2. The average Bonchev–Trinajstić information content (AvgIpc) is 3.40. The van der Waals surface area contributed by atoms with Gasteiger partial charge in [0.2, 0.25) is 15.9 Å². The number of fused-ring (bicyclic) bond motifs is 1. The van der Waals surface area contributed by atoms with E-state index >= 15 is 0 Å². The number of carbonyl (C=O) groups excluding carboxylic acids is 1. The number of hydrogen-bond acceptors (Lipinski definition) is 9. The number of thioether (sulfide) groups is 1. The van der Waals surface area contributed by atoms with Gasteiger partial charge in [-0.3, -0.25) is 9.10 Å². The molecular formula is C25H26FN5O4S3. The van der Waals surface area contributed by atoms with E-state index < -0.39 is 21.7 Å². The highest BCUT2D eigenvalue weighted by atomic mass is 32.2. The van der Waals surface area contributed by atoms with Crippen LogP contribution in [-0.2, 0) is 10.0 Å². The van der Waals surface area contributed by atoms with Crippen LogP contribution in [0.15, 0.2) is 76.6 Å². The minimum atomic E-state index is -3.72. The van der Waals surface area contributed by atoms with Gasteiger partial charge in [-0.2, -0.15) is 0 Å². The lowest BCUT2D eigenvalue weighted by atomic mass is 9.91. The molecule has 13 heteroatoms. The molecule has 1 fully saturated rings. The zero-order valence-electron chi connectivity index (χ0n) is 20.4. The van der Waals surface area contributed by atoms with Crippen molar-refractivity contribution in [2.45, 2.75) is 42.7 Å². The summed E-state index contributed by atoms with van der Waals surface area (Å²) in [4.78, 5) is 18.3. The maximum absolute atomic E-state index is 14.0. The Kier molecular flexibility index (Phi) is 7.98. The molecule has 0 saturated heterocycles. The second-order valence-corrected chi connectivity index (χ2v) is 12.2. The van der Waals surface area contributed by atoms with Crippen molar-refractivity contribution in [2.75, 3.05) is 6.26 Å². The van der Waals surface area contributed by atoms with Gasteiger partial charge in [0, 0.05) is 29.4 Å². The molecule has 9 nitrogen and oxygen atoms in total. The van der Waals surface area contributed by atoms with Gasteiger partial charge >= 0.3 is 0 Å². The zero-order chi connectivity index (χ0) is 26.7. The van der Waals surface area contributed by atoms with Crippen LogP contribution in [0.5, 0.6) is 11.6 Å². The highest BCUT2D eigenvalue weighted by molar-refractivity contribution is 7.98. The topological polar surface area (TPSA) is 113 Å². The lowest BCUT2D eigenvalue weighted by Gasteiger charge is -2.30. The average molecular weight is 576 g/mol. The number of amides is 1. The third-order valence-electron chi connectivity index (χ3n) is 6.30. The molecule has 200 valence electrons. The first-order valence-corrected chi connectivity index (χ1v) is 15.4. The van der Waals surface area contributed by atoms with Gasteiger partial charge in [-0.1, -0.05) is 6.07 Å². The van der Waals surface area contributed by atoms with Crippen molar-refractivity contribution in [3.05, 3.63) is 83.1 Å². The van der Waals surface area contributed by atoms with Crippen molar-refractivity contribution in [3.63, 3.8) is 0 Å². The number of sulfonamides is 1. The van der Waals surface area contributed by atoms with Crippen LogP contribution < -0.4 is 19.5 Å². The smallest absolute Gasteiger partial charge is 0.257 e. The van der Waals surface area contributed by atoms with Crippen LogP contribution in [0.2, 0.25) is 0 Å². The predicted octanol–water partition coefficient (Wildman–Crippen LogP) is 4.42. The molecular weight excluding hydrogens is 550 g/mol. The van der Waals surface area contributed by atoms with E-state index in [1.165, 1.54) is 12.1 Å². The number of benzene rings is 1. The molecule has 5 rings (SSSR count). The van der Waals surface area contributed by atoms with Crippen LogP contribution >= 0.6 is 23.9 Å². The van der Waals surface area contributed by atoms with Gasteiger partial charge in [-0.25, -0.2) is 22.5 Å². The Morgan fingerprint density at radius 2 is 2.03 bits per heavy atom. The Bertz CT molecular complexity index is 1420. The summed E-state index contributed by atoms with van der Waals surface area (Å²) in [5.41, 5.74) is 0.577. The van der Waals surface area contributed by atoms with Crippen molar-refractivity contribution in [2.24, 2.45) is 0 Å². The van der Waals surface area contributed by atoms with Gasteiger partial charge in [0.1, 0.15) is 22.0 Å². The number of carbonyl (C=O) groups is 1. The summed E-state index contributed by atoms with van der Waals surface area (Å²) in [5.74, 6) is -0.627. The highest BCUT2D eigenvalue weighted by Gasteiger charge is 2.33. The van der Waals surface area contributed by atoms with E-state index in [1.807, 2.05) is 24.5 Å². The molecule has 2 aliphatic heterocycles. The quantitative estimate of drug-likeness (QED) is 0.311. The molecule has 0 spiro atoms. The number of aromatic nitrogens is 1. The first kappa shape index (κ1) is 26.6. The Labute approximate surface area is 229 Å². The molecule has 3 N–H and O–H groups in total. The SMILES string of the molecule is CSc1cccc(Oc2ncc(F)cc2C(=O)NC2CCC(NS(=O)(=O)C3=CC=CN4SNC=C34)CC2)c1. The lowest BCUT2D eigenvalue weighted by molar-refractivity contribution is 0.0921. The van der Waals surface area contributed by atoms with E-state index in [-0.39, 0.29) is 28.4 Å². The maximum atomic E-state index is 14.0. The Morgan fingerprint density at radius 3 is 2.82 bits per heavy atom. The van der Waals surface area contributed by atoms with Gasteiger partial charge in [0.05, 0.1) is 24.0 Å². The fraction of sp³-hybridized carbons (Fsp3) is 0.280. The third kappa shape index (κ3) is 6.01. The number of nitrogens with one attached hydrogen (secondary N) is 3. The summed E-state index contributed by atoms with van der Waals surface area (Å²) in [5, 5.41) is 2.93. The van der Waals surface area contributed by atoms with E-state index in [0.717, 1.165) is 17.2 Å². The number of allylic oxidation sites excluding steroid dienone is 2. The van der Waals surface area contributed by atoms with Gasteiger partial charge in [-0.05, 0) is 68.4 Å². The molecule has 1 aromatic carbocycles. The molecule has 3 heterocycles. The maximum Gasteiger partial charge on any atom is 0.257 e. The van der Waals surface area contributed by atoms with Crippen molar-refractivity contribution in [1.82, 2.24) is 24.1 Å². The third-order valence-corrected chi connectivity index (χ3v) is 9.33. The van der Waals surface area contributed by atoms with Crippen LogP contribution in [0.3, 0.4) is 0 Å². The fourth-order valence-corrected chi connectivity index (χ4v) is 7.07. The second-order valence-electron chi connectivity index (χ2n) is 8.87. The molecule has 1 saturated carbocycles. The molecule has 0 atom stereocenters. The summed E-state index contributed by atoms with van der Waals surface area (Å²) in [6, 6.07) is 7.98. The summed E-state index contributed by atoms with van der Waals surface area (Å²) >= 11 is 2.84. The molecule has 3 aliphatic rings. The van der Waals surface area contributed by atoms with E-state index in [2.05, 4.69) is 19.7 Å². The molecule has 1 aliphatic carbocycles. The molecule has 1 amide bonds. The van der Waals surface area contributed by atoms with Crippen LogP contribution in [0, 0.1) is 5.82 Å². The van der Waals surface area contributed by atoms with Crippen LogP contribution in [0.25, 0.3) is 0 Å². The second kappa shape index (κ2) is 11.4. The summed E-state index contributed by atoms with van der Waals surface area (Å²) < 4.78 is 53.4. The highest BCUT2D eigenvalue weighted by Crippen LogP contribution is 2.33.